The fourth-order valence-corrected chi connectivity index (χ4v) is 2.24. The summed E-state index contributed by atoms with van der Waals surface area (Å²) in [6.45, 7) is 9.33. The molecule has 0 unspecified atom stereocenters. The summed E-state index contributed by atoms with van der Waals surface area (Å²) in [4.78, 5) is 12.0. The number of benzene rings is 1. The van der Waals surface area contributed by atoms with Crippen LogP contribution in [0.15, 0.2) is 30.3 Å². The van der Waals surface area contributed by atoms with Gasteiger partial charge in [-0.15, -0.1) is 0 Å². The van der Waals surface area contributed by atoms with Gasteiger partial charge >= 0.3 is 0 Å². The summed E-state index contributed by atoms with van der Waals surface area (Å²) in [5.74, 6) is 0.151. The summed E-state index contributed by atoms with van der Waals surface area (Å²) in [5, 5.41) is 6.48. The van der Waals surface area contributed by atoms with Crippen LogP contribution in [0.4, 0.5) is 0 Å². The van der Waals surface area contributed by atoms with E-state index in [9.17, 15) is 4.79 Å². The quantitative estimate of drug-likeness (QED) is 0.685. The third-order valence-corrected chi connectivity index (χ3v) is 3.49. The lowest BCUT2D eigenvalue weighted by Gasteiger charge is -2.26. The summed E-state index contributed by atoms with van der Waals surface area (Å²) < 4.78 is 0. The van der Waals surface area contributed by atoms with Gasteiger partial charge in [0.1, 0.15) is 0 Å². The largest absolute Gasteiger partial charge is 0.351 e. The van der Waals surface area contributed by atoms with Gasteiger partial charge in [-0.3, -0.25) is 4.79 Å². The molecule has 0 aliphatic rings. The van der Waals surface area contributed by atoms with Gasteiger partial charge in [0.15, 0.2) is 0 Å². The third-order valence-electron chi connectivity index (χ3n) is 3.49. The van der Waals surface area contributed by atoms with Crippen molar-refractivity contribution in [2.45, 2.75) is 65.0 Å². The maximum absolute atomic E-state index is 12.0. The monoisotopic (exact) mass is 290 g/mol. The first kappa shape index (κ1) is 17.7. The molecule has 0 aromatic heterocycles. The number of aryl methyl sites for hydroxylation is 1. The Morgan fingerprint density at radius 2 is 1.86 bits per heavy atom. The summed E-state index contributed by atoms with van der Waals surface area (Å²) in [6, 6.07) is 10.9. The minimum Gasteiger partial charge on any atom is -0.351 e. The molecule has 0 spiro atoms. The average Bonchev–Trinajstić information content (AvgIpc) is 2.42. The van der Waals surface area contributed by atoms with Crippen molar-refractivity contribution in [2.24, 2.45) is 0 Å². The van der Waals surface area contributed by atoms with Gasteiger partial charge in [0, 0.05) is 18.0 Å². The molecule has 0 heterocycles. The molecule has 1 aromatic rings. The van der Waals surface area contributed by atoms with E-state index in [-0.39, 0.29) is 11.4 Å². The van der Waals surface area contributed by atoms with E-state index in [1.165, 1.54) is 5.56 Å². The van der Waals surface area contributed by atoms with E-state index in [1.54, 1.807) is 0 Å². The van der Waals surface area contributed by atoms with E-state index in [1.807, 2.05) is 6.07 Å². The highest BCUT2D eigenvalue weighted by molar-refractivity contribution is 5.76. The molecule has 21 heavy (non-hydrogen) atoms. The van der Waals surface area contributed by atoms with Crippen LogP contribution in [-0.2, 0) is 11.2 Å². The van der Waals surface area contributed by atoms with Crippen LogP contribution in [0.5, 0.6) is 0 Å². The maximum atomic E-state index is 12.0. The molecule has 118 valence electrons. The van der Waals surface area contributed by atoms with Crippen LogP contribution in [0.3, 0.4) is 0 Å². The Morgan fingerprint density at radius 3 is 2.48 bits per heavy atom. The second kappa shape index (κ2) is 8.83. The summed E-state index contributed by atoms with van der Waals surface area (Å²) in [5.41, 5.74) is 1.17. The highest BCUT2D eigenvalue weighted by atomic mass is 16.1. The first-order valence-electron chi connectivity index (χ1n) is 7.97. The van der Waals surface area contributed by atoms with Gasteiger partial charge < -0.3 is 10.6 Å². The van der Waals surface area contributed by atoms with Crippen molar-refractivity contribution in [1.82, 2.24) is 10.6 Å². The van der Waals surface area contributed by atoms with Gasteiger partial charge in [-0.25, -0.2) is 0 Å². The molecular formula is C18H30N2O. The van der Waals surface area contributed by atoms with Crippen LogP contribution >= 0.6 is 0 Å². The van der Waals surface area contributed by atoms with E-state index in [0.29, 0.717) is 12.5 Å². The normalized spacial score (nSPS) is 11.7. The Morgan fingerprint density at radius 1 is 1.19 bits per heavy atom. The fourth-order valence-electron chi connectivity index (χ4n) is 2.24. The Balaban J connectivity index is 2.26. The van der Waals surface area contributed by atoms with E-state index in [4.69, 9.17) is 0 Å². The Hall–Kier alpha value is -1.35. The van der Waals surface area contributed by atoms with Crippen LogP contribution in [0.1, 0.15) is 52.5 Å². The maximum Gasteiger partial charge on any atom is 0.220 e. The molecular weight excluding hydrogens is 260 g/mol. The topological polar surface area (TPSA) is 41.1 Å². The van der Waals surface area contributed by atoms with Crippen LogP contribution in [0.2, 0.25) is 0 Å². The summed E-state index contributed by atoms with van der Waals surface area (Å²) in [6.07, 6.45) is 3.42. The van der Waals surface area contributed by atoms with Crippen LogP contribution < -0.4 is 10.6 Å². The third kappa shape index (κ3) is 8.51. The van der Waals surface area contributed by atoms with Gasteiger partial charge in [-0.1, -0.05) is 44.2 Å². The number of nitrogens with one attached hydrogen (secondary N) is 2. The average molecular weight is 290 g/mol. The number of amides is 1. The second-order valence-electron chi connectivity index (χ2n) is 6.63. The molecule has 0 aliphatic carbocycles. The van der Waals surface area contributed by atoms with Crippen LogP contribution in [-0.4, -0.2) is 24.0 Å². The Kier molecular flexibility index (Phi) is 7.44. The van der Waals surface area contributed by atoms with E-state index in [2.05, 4.69) is 62.6 Å². The predicted octanol–water partition coefficient (Wildman–Crippen LogP) is 3.29. The van der Waals surface area contributed by atoms with Gasteiger partial charge in [0.05, 0.1) is 0 Å². The second-order valence-corrected chi connectivity index (χ2v) is 6.63. The molecule has 3 nitrogen and oxygen atoms in total. The van der Waals surface area contributed by atoms with E-state index in [0.717, 1.165) is 25.8 Å². The van der Waals surface area contributed by atoms with E-state index >= 15 is 0 Å². The van der Waals surface area contributed by atoms with Crippen molar-refractivity contribution in [2.75, 3.05) is 6.54 Å². The zero-order valence-corrected chi connectivity index (χ0v) is 13.9. The number of carbonyl (C=O) groups is 1. The minimum atomic E-state index is -0.154. The Bertz CT molecular complexity index is 412. The van der Waals surface area contributed by atoms with Gasteiger partial charge in [-0.2, -0.15) is 0 Å². The molecule has 0 bridgehead atoms. The molecule has 3 heteroatoms. The number of carbonyl (C=O) groups excluding carboxylic acids is 1. The predicted molar refractivity (Wildman–Crippen MR) is 89.4 cm³/mol. The molecule has 0 saturated heterocycles. The molecule has 1 rings (SSSR count). The molecule has 0 atom stereocenters. The first-order chi connectivity index (χ1) is 9.89. The van der Waals surface area contributed by atoms with Gasteiger partial charge in [0.2, 0.25) is 5.91 Å². The van der Waals surface area contributed by atoms with Crippen molar-refractivity contribution >= 4 is 5.91 Å². The smallest absolute Gasteiger partial charge is 0.220 e. The van der Waals surface area contributed by atoms with Crippen molar-refractivity contribution in [3.8, 4) is 0 Å². The molecule has 0 fully saturated rings. The Labute approximate surface area is 129 Å². The lowest BCUT2D eigenvalue weighted by molar-refractivity contribution is -0.122. The first-order valence-corrected chi connectivity index (χ1v) is 7.97. The lowest BCUT2D eigenvalue weighted by Crippen LogP contribution is -2.43. The zero-order chi connectivity index (χ0) is 15.7. The van der Waals surface area contributed by atoms with Gasteiger partial charge in [-0.05, 0) is 45.2 Å². The zero-order valence-electron chi connectivity index (χ0n) is 13.9. The van der Waals surface area contributed by atoms with Crippen LogP contribution in [0, 0.1) is 0 Å². The van der Waals surface area contributed by atoms with Crippen molar-refractivity contribution in [1.29, 1.82) is 0 Å². The van der Waals surface area contributed by atoms with Crippen molar-refractivity contribution in [3.63, 3.8) is 0 Å². The lowest BCUT2D eigenvalue weighted by atomic mass is 9.95. The minimum absolute atomic E-state index is 0.151. The number of rotatable bonds is 9. The van der Waals surface area contributed by atoms with Crippen molar-refractivity contribution < 1.29 is 4.79 Å². The highest BCUT2D eigenvalue weighted by Gasteiger charge is 2.19. The SMILES string of the molecule is CC(C)NCCCC(=O)NC(C)(C)CCc1ccccc1. The molecule has 1 aromatic carbocycles. The molecule has 0 saturated carbocycles. The summed E-state index contributed by atoms with van der Waals surface area (Å²) >= 11 is 0. The van der Waals surface area contributed by atoms with Gasteiger partial charge in [0.25, 0.3) is 0 Å². The molecule has 2 N–H and O–H groups in total. The molecule has 0 aliphatic heterocycles. The van der Waals surface area contributed by atoms with Crippen LogP contribution in [0.25, 0.3) is 0 Å². The molecule has 0 radical (unpaired) electrons. The summed E-state index contributed by atoms with van der Waals surface area (Å²) in [7, 11) is 0. The van der Waals surface area contributed by atoms with Crippen molar-refractivity contribution in [3.05, 3.63) is 35.9 Å². The number of hydrogen-bond acceptors (Lipinski definition) is 2. The number of hydrogen-bond donors (Lipinski definition) is 2. The fraction of sp³-hybridized carbons (Fsp3) is 0.611. The molecule has 1 amide bonds. The van der Waals surface area contributed by atoms with E-state index < -0.39 is 0 Å². The highest BCUT2D eigenvalue weighted by Crippen LogP contribution is 2.14. The standard InChI is InChI=1S/C18H30N2O/c1-15(2)19-14-8-11-17(21)20-18(3,4)13-12-16-9-6-5-7-10-16/h5-7,9-10,15,19H,8,11-14H2,1-4H3,(H,20,21).